The molecule has 2 aromatic carbocycles. The van der Waals surface area contributed by atoms with E-state index in [2.05, 4.69) is 6.07 Å². The molecule has 0 radical (unpaired) electrons. The first-order chi connectivity index (χ1) is 9.63. The number of nitriles is 1. The van der Waals surface area contributed by atoms with E-state index in [0.29, 0.717) is 22.7 Å². The Morgan fingerprint density at radius 3 is 2.60 bits per heavy atom. The van der Waals surface area contributed by atoms with Crippen LogP contribution in [0, 0.1) is 11.3 Å². The predicted molar refractivity (Wildman–Crippen MR) is 77.6 cm³/mol. The quantitative estimate of drug-likeness (QED) is 0.864. The van der Waals surface area contributed by atoms with Crippen LogP contribution in [0.25, 0.3) is 0 Å². The second-order valence-electron chi connectivity index (χ2n) is 4.41. The number of anilines is 1. The molecule has 102 valence electrons. The maximum absolute atomic E-state index is 8.88. The third kappa shape index (κ3) is 3.01. The molecule has 0 spiro atoms. The molecule has 0 bridgehead atoms. The van der Waals surface area contributed by atoms with Crippen molar-refractivity contribution in [3.8, 4) is 17.6 Å². The van der Waals surface area contributed by atoms with Gasteiger partial charge in [0.1, 0.15) is 6.10 Å². The van der Waals surface area contributed by atoms with E-state index in [1.807, 2.05) is 31.2 Å². The van der Waals surface area contributed by atoms with E-state index in [4.69, 9.17) is 20.5 Å². The van der Waals surface area contributed by atoms with Gasteiger partial charge in [-0.25, -0.2) is 0 Å². The SMILES string of the molecule is COc1cc(C#N)ccc1OC(C)c1cccc(N)c1. The van der Waals surface area contributed by atoms with Crippen LogP contribution >= 0.6 is 0 Å². The summed E-state index contributed by atoms with van der Waals surface area (Å²) in [6, 6.07) is 14.7. The predicted octanol–water partition coefficient (Wildman–Crippen LogP) is 3.29. The van der Waals surface area contributed by atoms with Crippen LogP contribution in [0.2, 0.25) is 0 Å². The van der Waals surface area contributed by atoms with Gasteiger partial charge in [0.25, 0.3) is 0 Å². The summed E-state index contributed by atoms with van der Waals surface area (Å²) < 4.78 is 11.1. The molecule has 0 fully saturated rings. The summed E-state index contributed by atoms with van der Waals surface area (Å²) in [6.07, 6.45) is -0.166. The third-order valence-electron chi connectivity index (χ3n) is 2.98. The lowest BCUT2D eigenvalue weighted by molar-refractivity contribution is 0.216. The van der Waals surface area contributed by atoms with Crippen molar-refractivity contribution in [3.05, 3.63) is 53.6 Å². The molecule has 2 rings (SSSR count). The fourth-order valence-corrected chi connectivity index (χ4v) is 1.90. The number of rotatable bonds is 4. The average Bonchev–Trinajstić information content (AvgIpc) is 2.47. The van der Waals surface area contributed by atoms with Crippen molar-refractivity contribution in [3.63, 3.8) is 0 Å². The lowest BCUT2D eigenvalue weighted by Gasteiger charge is -2.17. The van der Waals surface area contributed by atoms with Crippen LogP contribution in [0.3, 0.4) is 0 Å². The fourth-order valence-electron chi connectivity index (χ4n) is 1.90. The number of benzene rings is 2. The van der Waals surface area contributed by atoms with Gasteiger partial charge in [-0.3, -0.25) is 0 Å². The Kier molecular flexibility index (Phi) is 4.11. The Labute approximate surface area is 118 Å². The van der Waals surface area contributed by atoms with Crippen molar-refractivity contribution in [2.45, 2.75) is 13.0 Å². The van der Waals surface area contributed by atoms with Crippen molar-refractivity contribution >= 4 is 5.69 Å². The number of hydrogen-bond acceptors (Lipinski definition) is 4. The van der Waals surface area contributed by atoms with Crippen LogP contribution in [-0.2, 0) is 0 Å². The van der Waals surface area contributed by atoms with Crippen molar-refractivity contribution in [1.29, 1.82) is 5.26 Å². The third-order valence-corrected chi connectivity index (χ3v) is 2.98. The van der Waals surface area contributed by atoms with E-state index in [1.54, 1.807) is 25.3 Å². The minimum absolute atomic E-state index is 0.166. The summed E-state index contributed by atoms with van der Waals surface area (Å²) in [4.78, 5) is 0. The monoisotopic (exact) mass is 268 g/mol. The molecule has 2 N–H and O–H groups in total. The van der Waals surface area contributed by atoms with E-state index in [0.717, 1.165) is 5.56 Å². The highest BCUT2D eigenvalue weighted by Gasteiger charge is 2.12. The number of nitrogens with two attached hydrogens (primary N) is 1. The summed E-state index contributed by atoms with van der Waals surface area (Å²) in [5.74, 6) is 1.14. The Bertz CT molecular complexity index is 647. The molecule has 4 heteroatoms. The second-order valence-corrected chi connectivity index (χ2v) is 4.41. The van der Waals surface area contributed by atoms with Gasteiger partial charge < -0.3 is 15.2 Å². The van der Waals surface area contributed by atoms with Crippen LogP contribution in [0.5, 0.6) is 11.5 Å². The van der Waals surface area contributed by atoms with Gasteiger partial charge in [0.2, 0.25) is 0 Å². The minimum atomic E-state index is -0.166. The van der Waals surface area contributed by atoms with Crippen LogP contribution in [0.15, 0.2) is 42.5 Å². The molecule has 2 aromatic rings. The first kappa shape index (κ1) is 13.8. The van der Waals surface area contributed by atoms with Crippen molar-refractivity contribution in [1.82, 2.24) is 0 Å². The van der Waals surface area contributed by atoms with Crippen LogP contribution in [0.4, 0.5) is 5.69 Å². The molecule has 1 unspecified atom stereocenters. The highest BCUT2D eigenvalue weighted by atomic mass is 16.5. The smallest absolute Gasteiger partial charge is 0.162 e. The lowest BCUT2D eigenvalue weighted by Crippen LogP contribution is -2.05. The van der Waals surface area contributed by atoms with E-state index in [9.17, 15) is 0 Å². The number of nitrogens with zero attached hydrogens (tertiary/aromatic N) is 1. The topological polar surface area (TPSA) is 68.3 Å². The molecule has 0 saturated carbocycles. The molecular formula is C16H16N2O2. The molecular weight excluding hydrogens is 252 g/mol. The van der Waals surface area contributed by atoms with Gasteiger partial charge in [-0.05, 0) is 36.8 Å². The highest BCUT2D eigenvalue weighted by molar-refractivity contribution is 5.47. The Hall–Kier alpha value is -2.67. The molecule has 0 aliphatic carbocycles. The molecule has 0 aliphatic heterocycles. The lowest BCUT2D eigenvalue weighted by atomic mass is 10.1. The van der Waals surface area contributed by atoms with Gasteiger partial charge in [-0.1, -0.05) is 12.1 Å². The molecule has 0 saturated heterocycles. The zero-order chi connectivity index (χ0) is 14.5. The largest absolute Gasteiger partial charge is 0.493 e. The molecule has 0 aromatic heterocycles. The molecule has 4 nitrogen and oxygen atoms in total. The summed E-state index contributed by atoms with van der Waals surface area (Å²) in [5, 5.41) is 8.88. The van der Waals surface area contributed by atoms with Gasteiger partial charge in [-0.15, -0.1) is 0 Å². The minimum Gasteiger partial charge on any atom is -0.493 e. The summed E-state index contributed by atoms with van der Waals surface area (Å²) >= 11 is 0. The second kappa shape index (κ2) is 5.98. The van der Waals surface area contributed by atoms with Crippen molar-refractivity contribution < 1.29 is 9.47 Å². The van der Waals surface area contributed by atoms with E-state index < -0.39 is 0 Å². The normalized spacial score (nSPS) is 11.4. The van der Waals surface area contributed by atoms with E-state index >= 15 is 0 Å². The Morgan fingerprint density at radius 2 is 1.95 bits per heavy atom. The van der Waals surface area contributed by atoms with Crippen molar-refractivity contribution in [2.24, 2.45) is 0 Å². The summed E-state index contributed by atoms with van der Waals surface area (Å²) in [7, 11) is 1.55. The zero-order valence-electron chi connectivity index (χ0n) is 11.5. The van der Waals surface area contributed by atoms with Gasteiger partial charge in [-0.2, -0.15) is 5.26 Å². The maximum atomic E-state index is 8.88. The van der Waals surface area contributed by atoms with E-state index in [1.165, 1.54) is 0 Å². The van der Waals surface area contributed by atoms with Gasteiger partial charge in [0.15, 0.2) is 11.5 Å². The Morgan fingerprint density at radius 1 is 1.15 bits per heavy atom. The maximum Gasteiger partial charge on any atom is 0.162 e. The van der Waals surface area contributed by atoms with E-state index in [-0.39, 0.29) is 6.10 Å². The molecule has 1 atom stereocenters. The van der Waals surface area contributed by atoms with Gasteiger partial charge >= 0.3 is 0 Å². The van der Waals surface area contributed by atoms with Gasteiger partial charge in [0.05, 0.1) is 18.7 Å². The van der Waals surface area contributed by atoms with Crippen molar-refractivity contribution in [2.75, 3.05) is 12.8 Å². The van der Waals surface area contributed by atoms with Crippen LogP contribution in [0.1, 0.15) is 24.2 Å². The fraction of sp³-hybridized carbons (Fsp3) is 0.188. The molecule has 0 amide bonds. The average molecular weight is 268 g/mol. The van der Waals surface area contributed by atoms with Crippen LogP contribution < -0.4 is 15.2 Å². The highest BCUT2D eigenvalue weighted by Crippen LogP contribution is 2.32. The van der Waals surface area contributed by atoms with Crippen LogP contribution in [-0.4, -0.2) is 7.11 Å². The first-order valence-corrected chi connectivity index (χ1v) is 6.24. The molecule has 0 aliphatic rings. The molecule has 20 heavy (non-hydrogen) atoms. The number of nitrogen functional groups attached to an aromatic ring is 1. The summed E-state index contributed by atoms with van der Waals surface area (Å²) in [6.45, 7) is 1.94. The molecule has 0 heterocycles. The van der Waals surface area contributed by atoms with Gasteiger partial charge in [0, 0.05) is 11.8 Å². The zero-order valence-corrected chi connectivity index (χ0v) is 11.5. The number of methoxy groups -OCH3 is 1. The number of ether oxygens (including phenoxy) is 2. The Balaban J connectivity index is 2.23. The standard InChI is InChI=1S/C16H16N2O2/c1-11(13-4-3-5-14(18)9-13)20-15-7-6-12(10-17)8-16(15)19-2/h3-9,11H,18H2,1-2H3. The number of hydrogen-bond donors (Lipinski definition) is 1. The summed E-state index contributed by atoms with van der Waals surface area (Å²) in [5.41, 5.74) is 7.98. The first-order valence-electron chi connectivity index (χ1n) is 6.24.